The van der Waals surface area contributed by atoms with Crippen LogP contribution in [-0.4, -0.2) is 52.8 Å². The summed E-state index contributed by atoms with van der Waals surface area (Å²) in [6.45, 7) is 2.36. The maximum absolute atomic E-state index is 12.6. The van der Waals surface area contributed by atoms with Gasteiger partial charge in [0.05, 0.1) is 5.56 Å². The number of aromatic nitrogens is 1. The van der Waals surface area contributed by atoms with Crippen LogP contribution in [0.1, 0.15) is 27.1 Å². The standard InChI is InChI=1S/C17H18ClN3O2/c18-15-4-1-3-13(11-15)16(22)20-7-2-8-21(10-9-20)17(23)14-5-6-19-12-14/h1,3-6,11-12,19H,2,7-10H2. The van der Waals surface area contributed by atoms with Crippen LogP contribution in [0.5, 0.6) is 0 Å². The number of carbonyl (C=O) groups is 2. The molecular formula is C17H18ClN3O2. The Morgan fingerprint density at radius 1 is 0.957 bits per heavy atom. The highest BCUT2D eigenvalue weighted by Gasteiger charge is 2.23. The van der Waals surface area contributed by atoms with Gasteiger partial charge in [0, 0.05) is 49.2 Å². The molecule has 1 aliphatic rings. The van der Waals surface area contributed by atoms with Crippen molar-refractivity contribution < 1.29 is 9.59 Å². The summed E-state index contributed by atoms with van der Waals surface area (Å²) in [6.07, 6.45) is 4.20. The molecule has 1 aromatic carbocycles. The quantitative estimate of drug-likeness (QED) is 0.919. The van der Waals surface area contributed by atoms with Crippen LogP contribution in [0.4, 0.5) is 0 Å². The number of H-pyrrole nitrogens is 1. The van der Waals surface area contributed by atoms with Crippen LogP contribution < -0.4 is 0 Å². The first-order valence-electron chi connectivity index (χ1n) is 7.62. The van der Waals surface area contributed by atoms with Gasteiger partial charge in [0.2, 0.25) is 0 Å². The minimum Gasteiger partial charge on any atom is -0.367 e. The van der Waals surface area contributed by atoms with Gasteiger partial charge in [0.25, 0.3) is 11.8 Å². The van der Waals surface area contributed by atoms with Gasteiger partial charge in [-0.15, -0.1) is 0 Å². The van der Waals surface area contributed by atoms with Crippen molar-refractivity contribution in [3.63, 3.8) is 0 Å². The maximum atomic E-state index is 12.6. The van der Waals surface area contributed by atoms with Crippen LogP contribution in [0.25, 0.3) is 0 Å². The second-order valence-corrected chi connectivity index (χ2v) is 5.98. The van der Waals surface area contributed by atoms with Gasteiger partial charge in [-0.05, 0) is 30.7 Å². The molecule has 3 rings (SSSR count). The minimum absolute atomic E-state index is 0.00306. The van der Waals surface area contributed by atoms with Crippen LogP contribution in [0.2, 0.25) is 5.02 Å². The van der Waals surface area contributed by atoms with E-state index in [1.807, 2.05) is 0 Å². The van der Waals surface area contributed by atoms with Crippen LogP contribution in [0.3, 0.4) is 0 Å². The molecule has 0 radical (unpaired) electrons. The molecule has 1 aliphatic heterocycles. The molecule has 0 bridgehead atoms. The molecule has 0 aliphatic carbocycles. The van der Waals surface area contributed by atoms with Gasteiger partial charge in [-0.3, -0.25) is 9.59 Å². The fraction of sp³-hybridized carbons (Fsp3) is 0.294. The fourth-order valence-corrected chi connectivity index (χ4v) is 2.96. The van der Waals surface area contributed by atoms with E-state index >= 15 is 0 Å². The number of benzene rings is 1. The topological polar surface area (TPSA) is 56.4 Å². The van der Waals surface area contributed by atoms with E-state index in [-0.39, 0.29) is 11.8 Å². The Morgan fingerprint density at radius 2 is 1.65 bits per heavy atom. The summed E-state index contributed by atoms with van der Waals surface area (Å²) < 4.78 is 0. The average Bonchev–Trinajstić information content (AvgIpc) is 2.98. The lowest BCUT2D eigenvalue weighted by molar-refractivity contribution is 0.0719. The van der Waals surface area contributed by atoms with E-state index in [0.29, 0.717) is 42.3 Å². The van der Waals surface area contributed by atoms with Crippen molar-refractivity contribution in [3.8, 4) is 0 Å². The van der Waals surface area contributed by atoms with Gasteiger partial charge in [-0.25, -0.2) is 0 Å². The third kappa shape index (κ3) is 3.56. The summed E-state index contributed by atoms with van der Waals surface area (Å²) in [5.74, 6) is -0.0354. The number of carbonyl (C=O) groups excluding carboxylic acids is 2. The van der Waals surface area contributed by atoms with E-state index in [2.05, 4.69) is 4.98 Å². The molecule has 6 heteroatoms. The smallest absolute Gasteiger partial charge is 0.255 e. The van der Waals surface area contributed by atoms with Crippen molar-refractivity contribution in [1.29, 1.82) is 0 Å². The lowest BCUT2D eigenvalue weighted by atomic mass is 10.2. The molecule has 2 aromatic rings. The molecule has 0 saturated carbocycles. The van der Waals surface area contributed by atoms with Crippen LogP contribution in [-0.2, 0) is 0 Å². The minimum atomic E-state index is -0.0385. The first-order chi connectivity index (χ1) is 11.1. The molecule has 2 heterocycles. The molecule has 0 spiro atoms. The third-order valence-corrected chi connectivity index (χ3v) is 4.22. The highest BCUT2D eigenvalue weighted by atomic mass is 35.5. The zero-order valence-electron chi connectivity index (χ0n) is 12.7. The first-order valence-corrected chi connectivity index (χ1v) is 8.00. The Bertz CT molecular complexity index is 700. The Kier molecular flexibility index (Phi) is 4.67. The molecule has 0 atom stereocenters. The van der Waals surface area contributed by atoms with Crippen LogP contribution in [0, 0.1) is 0 Å². The highest BCUT2D eigenvalue weighted by Crippen LogP contribution is 2.15. The first kappa shape index (κ1) is 15.6. The van der Waals surface area contributed by atoms with Crippen LogP contribution in [0.15, 0.2) is 42.7 Å². The van der Waals surface area contributed by atoms with Crippen LogP contribution >= 0.6 is 11.6 Å². The van der Waals surface area contributed by atoms with E-state index in [1.165, 1.54) is 0 Å². The van der Waals surface area contributed by atoms with Crippen molar-refractivity contribution in [2.45, 2.75) is 6.42 Å². The van der Waals surface area contributed by atoms with E-state index in [9.17, 15) is 9.59 Å². The van der Waals surface area contributed by atoms with Crippen molar-refractivity contribution in [1.82, 2.24) is 14.8 Å². The lowest BCUT2D eigenvalue weighted by Gasteiger charge is -2.22. The van der Waals surface area contributed by atoms with Gasteiger partial charge < -0.3 is 14.8 Å². The predicted octanol–water partition coefficient (Wildman–Crippen LogP) is 2.66. The monoisotopic (exact) mass is 331 g/mol. The summed E-state index contributed by atoms with van der Waals surface area (Å²) in [6, 6.07) is 8.73. The van der Waals surface area contributed by atoms with Crippen molar-refractivity contribution >= 4 is 23.4 Å². The van der Waals surface area contributed by atoms with Gasteiger partial charge in [0.1, 0.15) is 0 Å². The summed E-state index contributed by atoms with van der Waals surface area (Å²) in [5.41, 5.74) is 1.24. The van der Waals surface area contributed by atoms with Crippen molar-refractivity contribution in [3.05, 3.63) is 58.9 Å². The molecule has 120 valence electrons. The largest absolute Gasteiger partial charge is 0.367 e. The summed E-state index contributed by atoms with van der Waals surface area (Å²) in [7, 11) is 0. The van der Waals surface area contributed by atoms with Gasteiger partial charge in [-0.2, -0.15) is 0 Å². The Morgan fingerprint density at radius 3 is 2.26 bits per heavy atom. The predicted molar refractivity (Wildman–Crippen MR) is 88.7 cm³/mol. The molecular weight excluding hydrogens is 314 g/mol. The Hall–Kier alpha value is -2.27. The third-order valence-electron chi connectivity index (χ3n) is 3.99. The van der Waals surface area contributed by atoms with Crippen molar-refractivity contribution in [2.75, 3.05) is 26.2 Å². The molecule has 23 heavy (non-hydrogen) atoms. The zero-order valence-corrected chi connectivity index (χ0v) is 13.4. The van der Waals surface area contributed by atoms with Crippen molar-refractivity contribution in [2.24, 2.45) is 0 Å². The molecule has 1 N–H and O–H groups in total. The highest BCUT2D eigenvalue weighted by molar-refractivity contribution is 6.30. The molecule has 5 nitrogen and oxygen atoms in total. The van der Waals surface area contributed by atoms with E-state index in [0.717, 1.165) is 6.42 Å². The Labute approximate surface area is 139 Å². The average molecular weight is 332 g/mol. The second-order valence-electron chi connectivity index (χ2n) is 5.55. The SMILES string of the molecule is O=C(c1cc[nH]c1)N1CCCN(C(=O)c2cccc(Cl)c2)CC1. The Balaban J connectivity index is 1.66. The molecule has 1 aromatic heterocycles. The molecule has 1 saturated heterocycles. The molecule has 1 fully saturated rings. The van der Waals surface area contributed by atoms with E-state index in [4.69, 9.17) is 11.6 Å². The number of nitrogens with zero attached hydrogens (tertiary/aromatic N) is 2. The maximum Gasteiger partial charge on any atom is 0.255 e. The number of rotatable bonds is 2. The molecule has 2 amide bonds. The number of hydrogen-bond donors (Lipinski definition) is 1. The van der Waals surface area contributed by atoms with E-state index < -0.39 is 0 Å². The number of nitrogens with one attached hydrogen (secondary N) is 1. The summed E-state index contributed by atoms with van der Waals surface area (Å²) in [5, 5.41) is 0.551. The second kappa shape index (κ2) is 6.87. The molecule has 0 unspecified atom stereocenters. The summed E-state index contributed by atoms with van der Waals surface area (Å²) >= 11 is 5.96. The number of amides is 2. The number of halogens is 1. The van der Waals surface area contributed by atoms with Gasteiger partial charge >= 0.3 is 0 Å². The van der Waals surface area contributed by atoms with E-state index in [1.54, 1.807) is 52.5 Å². The fourth-order valence-electron chi connectivity index (χ4n) is 2.77. The number of aromatic amines is 1. The lowest BCUT2D eigenvalue weighted by Crippen LogP contribution is -2.37. The zero-order chi connectivity index (χ0) is 16.2. The van der Waals surface area contributed by atoms with Gasteiger partial charge in [0.15, 0.2) is 0 Å². The normalized spacial score (nSPS) is 15.3. The summed E-state index contributed by atoms with van der Waals surface area (Å²) in [4.78, 5) is 31.4. The number of hydrogen-bond acceptors (Lipinski definition) is 2. The van der Waals surface area contributed by atoms with Gasteiger partial charge in [-0.1, -0.05) is 17.7 Å².